The maximum absolute atomic E-state index is 16.2. The number of halogens is 6. The van der Waals surface area contributed by atoms with Crippen LogP contribution in [0, 0.1) is 37.3 Å². The highest BCUT2D eigenvalue weighted by atomic mass is 35.5. The van der Waals surface area contributed by atoms with Gasteiger partial charge in [-0.15, -0.1) is 0 Å². The molecule has 2 atom stereocenters. The number of hydrogen-bond donors (Lipinski definition) is 1. The van der Waals surface area contributed by atoms with E-state index in [0.717, 1.165) is 6.07 Å². The molecule has 11 heteroatoms. The van der Waals surface area contributed by atoms with Crippen molar-refractivity contribution in [1.29, 1.82) is 0 Å². The second-order valence-corrected chi connectivity index (χ2v) is 14.1. The third-order valence-corrected chi connectivity index (χ3v) is 9.87. The summed E-state index contributed by atoms with van der Waals surface area (Å²) in [5.41, 5.74) is 6.50. The molecular formula is C36H40ClF5N4O. The molecule has 47 heavy (non-hydrogen) atoms. The fraction of sp³-hybridized carbons (Fsp3) is 0.472. The Balaban J connectivity index is 1.81. The maximum atomic E-state index is 16.2. The van der Waals surface area contributed by atoms with Crippen molar-refractivity contribution in [2.45, 2.75) is 97.2 Å². The number of aromatic nitrogens is 3. The molecule has 4 aromatic rings. The molecule has 0 bridgehead atoms. The summed E-state index contributed by atoms with van der Waals surface area (Å²) in [7, 11) is 0. The van der Waals surface area contributed by atoms with Crippen LogP contribution in [0.3, 0.4) is 0 Å². The highest BCUT2D eigenvalue weighted by Crippen LogP contribution is 2.46. The molecule has 2 aromatic heterocycles. The van der Waals surface area contributed by atoms with Crippen molar-refractivity contribution in [3.05, 3.63) is 97.2 Å². The Bertz CT molecular complexity index is 1860. The molecule has 1 fully saturated rings. The van der Waals surface area contributed by atoms with E-state index < -0.39 is 66.4 Å². The number of benzene rings is 2. The molecular weight excluding hydrogens is 635 g/mol. The molecule has 5 rings (SSSR count). The molecule has 252 valence electrons. The Morgan fingerprint density at radius 3 is 2.11 bits per heavy atom. The van der Waals surface area contributed by atoms with E-state index in [-0.39, 0.29) is 40.8 Å². The standard InChI is InChI=1S/C36H40ClF5N4O/c1-18(2)25(16-22-14-23(38)17-24(39)15-22)33-45-32-29(20(5)13-28(44-32)35(40)9-11-36(41,42)12-10-35)34(47)46(33)27-8-7-26(37)30(21(27)6)31(43)19(3)4/h7-8,13-15,17-19,25,31H,9-12,16,43H2,1-6H3. The summed E-state index contributed by atoms with van der Waals surface area (Å²) in [6.45, 7) is 11.2. The molecule has 5 nitrogen and oxygen atoms in total. The van der Waals surface area contributed by atoms with E-state index in [0.29, 0.717) is 33.0 Å². The van der Waals surface area contributed by atoms with Crippen LogP contribution in [0.25, 0.3) is 16.7 Å². The van der Waals surface area contributed by atoms with Gasteiger partial charge in [-0.3, -0.25) is 9.36 Å². The normalized spacial score (nSPS) is 17.4. The van der Waals surface area contributed by atoms with Gasteiger partial charge in [0.1, 0.15) is 17.5 Å². The lowest BCUT2D eigenvalue weighted by molar-refractivity contribution is -0.0784. The number of hydrogen-bond acceptors (Lipinski definition) is 4. The van der Waals surface area contributed by atoms with Gasteiger partial charge >= 0.3 is 0 Å². The van der Waals surface area contributed by atoms with Gasteiger partial charge in [0, 0.05) is 35.9 Å². The van der Waals surface area contributed by atoms with E-state index in [4.69, 9.17) is 22.3 Å². The minimum atomic E-state index is -2.95. The van der Waals surface area contributed by atoms with Gasteiger partial charge in [0.05, 0.1) is 16.8 Å². The van der Waals surface area contributed by atoms with E-state index >= 15 is 4.39 Å². The molecule has 0 spiro atoms. The molecule has 2 unspecified atom stereocenters. The molecule has 2 heterocycles. The second-order valence-electron chi connectivity index (χ2n) is 13.7. The Morgan fingerprint density at radius 2 is 1.53 bits per heavy atom. The van der Waals surface area contributed by atoms with E-state index in [1.165, 1.54) is 22.8 Å². The van der Waals surface area contributed by atoms with Crippen LogP contribution in [0.2, 0.25) is 5.02 Å². The van der Waals surface area contributed by atoms with Gasteiger partial charge in [-0.25, -0.2) is 31.9 Å². The van der Waals surface area contributed by atoms with Gasteiger partial charge in [0.25, 0.3) is 5.56 Å². The van der Waals surface area contributed by atoms with Gasteiger partial charge in [-0.05, 0) is 97.5 Å². The smallest absolute Gasteiger partial charge is 0.267 e. The zero-order chi connectivity index (χ0) is 34.6. The Labute approximate surface area is 276 Å². The monoisotopic (exact) mass is 674 g/mol. The number of nitrogens with two attached hydrogens (primary N) is 1. The van der Waals surface area contributed by atoms with Gasteiger partial charge < -0.3 is 5.73 Å². The lowest BCUT2D eigenvalue weighted by Gasteiger charge is -2.33. The minimum absolute atomic E-state index is 0.0209. The number of fused-ring (bicyclic) bond motifs is 1. The second kappa shape index (κ2) is 12.9. The molecule has 0 aliphatic heterocycles. The summed E-state index contributed by atoms with van der Waals surface area (Å²) >= 11 is 6.65. The van der Waals surface area contributed by atoms with Crippen LogP contribution in [0.5, 0.6) is 0 Å². The molecule has 1 saturated carbocycles. The molecule has 1 aliphatic carbocycles. The van der Waals surface area contributed by atoms with E-state index in [2.05, 4.69) is 4.98 Å². The van der Waals surface area contributed by atoms with Crippen molar-refractivity contribution >= 4 is 22.6 Å². The zero-order valence-corrected chi connectivity index (χ0v) is 28.2. The lowest BCUT2D eigenvalue weighted by atomic mass is 9.81. The quantitative estimate of drug-likeness (QED) is 0.189. The highest BCUT2D eigenvalue weighted by molar-refractivity contribution is 6.31. The van der Waals surface area contributed by atoms with Crippen molar-refractivity contribution in [3.8, 4) is 5.69 Å². The topological polar surface area (TPSA) is 73.8 Å². The summed E-state index contributed by atoms with van der Waals surface area (Å²) in [6.07, 6.45) is -1.93. The maximum Gasteiger partial charge on any atom is 0.267 e. The SMILES string of the molecule is Cc1c(-n2c(C(Cc3cc(F)cc(F)c3)C(C)C)nc3nc(C4(F)CCC(F)(F)CC4)cc(C)c3c2=O)ccc(Cl)c1C(N)C(C)C. The summed E-state index contributed by atoms with van der Waals surface area (Å²) in [5, 5.41) is 0.589. The first-order valence-electron chi connectivity index (χ1n) is 15.9. The fourth-order valence-electron chi connectivity index (χ4n) is 6.63. The van der Waals surface area contributed by atoms with Crippen LogP contribution in [-0.2, 0) is 12.1 Å². The molecule has 1 aliphatic rings. The third-order valence-electron chi connectivity index (χ3n) is 9.54. The van der Waals surface area contributed by atoms with Crippen LogP contribution in [0.15, 0.2) is 41.2 Å². The summed E-state index contributed by atoms with van der Waals surface area (Å²) in [5.74, 6) is -4.90. The third kappa shape index (κ3) is 6.81. The van der Waals surface area contributed by atoms with Crippen LogP contribution in [-0.4, -0.2) is 20.5 Å². The Morgan fingerprint density at radius 1 is 0.915 bits per heavy atom. The van der Waals surface area contributed by atoms with Crippen molar-refractivity contribution in [3.63, 3.8) is 0 Å². The van der Waals surface area contributed by atoms with Crippen LogP contribution in [0.1, 0.15) is 99.1 Å². The molecule has 0 saturated heterocycles. The summed E-state index contributed by atoms with van der Waals surface area (Å²) in [4.78, 5) is 24.1. The predicted molar refractivity (Wildman–Crippen MR) is 175 cm³/mol. The van der Waals surface area contributed by atoms with Gasteiger partial charge in [-0.1, -0.05) is 39.3 Å². The summed E-state index contributed by atoms with van der Waals surface area (Å²) < 4.78 is 74.2. The van der Waals surface area contributed by atoms with Crippen molar-refractivity contribution < 1.29 is 22.0 Å². The molecule has 2 N–H and O–H groups in total. The van der Waals surface area contributed by atoms with Crippen LogP contribution in [0.4, 0.5) is 22.0 Å². The lowest BCUT2D eigenvalue weighted by Crippen LogP contribution is -2.34. The van der Waals surface area contributed by atoms with Gasteiger partial charge in [0.15, 0.2) is 11.3 Å². The van der Waals surface area contributed by atoms with Crippen molar-refractivity contribution in [1.82, 2.24) is 14.5 Å². The zero-order valence-electron chi connectivity index (χ0n) is 27.4. The predicted octanol–water partition coefficient (Wildman–Crippen LogP) is 9.34. The first-order valence-corrected chi connectivity index (χ1v) is 16.3. The summed E-state index contributed by atoms with van der Waals surface area (Å²) in [6, 6.07) is 7.65. The van der Waals surface area contributed by atoms with Crippen molar-refractivity contribution in [2.75, 3.05) is 0 Å². The van der Waals surface area contributed by atoms with E-state index in [1.54, 1.807) is 19.1 Å². The Kier molecular flexibility index (Phi) is 9.60. The minimum Gasteiger partial charge on any atom is -0.324 e. The first-order chi connectivity index (χ1) is 21.9. The molecule has 2 aromatic carbocycles. The molecule has 0 radical (unpaired) electrons. The number of alkyl halides is 3. The van der Waals surface area contributed by atoms with Gasteiger partial charge in [-0.2, -0.15) is 0 Å². The Hall–Kier alpha value is -3.37. The van der Waals surface area contributed by atoms with Crippen LogP contribution < -0.4 is 11.3 Å². The van der Waals surface area contributed by atoms with Crippen molar-refractivity contribution in [2.24, 2.45) is 17.6 Å². The number of rotatable bonds is 8. The van der Waals surface area contributed by atoms with E-state index in [1.807, 2.05) is 34.6 Å². The van der Waals surface area contributed by atoms with E-state index in [9.17, 15) is 22.4 Å². The van der Waals surface area contributed by atoms with Gasteiger partial charge in [0.2, 0.25) is 5.92 Å². The number of pyridine rings is 1. The fourth-order valence-corrected chi connectivity index (χ4v) is 6.96. The average Bonchev–Trinajstić information content (AvgIpc) is 2.97. The first kappa shape index (κ1) is 35.0. The largest absolute Gasteiger partial charge is 0.324 e. The van der Waals surface area contributed by atoms with Crippen LogP contribution >= 0.6 is 11.6 Å². The number of nitrogens with zero attached hydrogens (tertiary/aromatic N) is 3. The highest BCUT2D eigenvalue weighted by Gasteiger charge is 2.46. The average molecular weight is 675 g/mol. The molecule has 0 amide bonds. The number of aryl methyl sites for hydroxylation is 1.